The Morgan fingerprint density at radius 3 is 2.62 bits per heavy atom. The van der Waals surface area contributed by atoms with Gasteiger partial charge in [0, 0.05) is 19.0 Å². The van der Waals surface area contributed by atoms with E-state index in [0.717, 1.165) is 12.8 Å². The molecule has 0 spiro atoms. The van der Waals surface area contributed by atoms with E-state index in [4.69, 9.17) is 0 Å². The lowest BCUT2D eigenvalue weighted by Crippen LogP contribution is -2.11. The fourth-order valence-electron chi connectivity index (χ4n) is 2.03. The molecule has 0 fully saturated rings. The number of nitrogens with one attached hydrogen (secondary N) is 1. The van der Waals surface area contributed by atoms with Crippen LogP contribution in [0.25, 0.3) is 0 Å². The number of rotatable bonds is 8. The second-order valence-corrected chi connectivity index (χ2v) is 5.19. The molecule has 0 aliphatic heterocycles. The Morgan fingerprint density at radius 1 is 1.17 bits per heavy atom. The zero-order valence-electron chi connectivity index (χ0n) is 12.8. The predicted molar refractivity (Wildman–Crippen MR) is 79.0 cm³/mol. The molecule has 130 valence electrons. The number of alkyl halides is 3. The number of carbonyl (C=O) groups excluding carboxylic acids is 1. The van der Waals surface area contributed by atoms with Crippen LogP contribution in [0, 0.1) is 0 Å². The fourth-order valence-corrected chi connectivity index (χ4v) is 2.03. The number of pyridine rings is 1. The minimum Gasteiger partial charge on any atom is -0.329 e. The molecular weight excluding hydrogens is 325 g/mol. The first-order chi connectivity index (χ1) is 11.4. The Hall–Kier alpha value is -2.45. The lowest BCUT2D eigenvalue weighted by atomic mass is 10.1. The smallest absolute Gasteiger partial charge is 0.329 e. The average Bonchev–Trinajstić information content (AvgIpc) is 3.01. The van der Waals surface area contributed by atoms with Crippen molar-refractivity contribution in [3.63, 3.8) is 0 Å². The van der Waals surface area contributed by atoms with Crippen molar-refractivity contribution in [3.05, 3.63) is 36.1 Å². The molecule has 2 aromatic heterocycles. The van der Waals surface area contributed by atoms with Crippen molar-refractivity contribution in [2.24, 2.45) is 0 Å². The third-order valence-electron chi connectivity index (χ3n) is 3.20. The Kier molecular flexibility index (Phi) is 6.28. The summed E-state index contributed by atoms with van der Waals surface area (Å²) in [6.07, 6.45) is 0.574. The lowest BCUT2D eigenvalue weighted by molar-refractivity contribution is -0.159. The topological polar surface area (TPSA) is 80.9 Å². The van der Waals surface area contributed by atoms with Crippen LogP contribution in [0.1, 0.15) is 43.8 Å². The molecule has 0 bridgehead atoms. The number of halogens is 3. The highest BCUT2D eigenvalue weighted by molar-refractivity contribution is 5.89. The largest absolute Gasteiger partial charge is 0.471 e. The summed E-state index contributed by atoms with van der Waals surface area (Å²) in [6, 6.07) is 5.25. The number of aromatic nitrogens is 3. The third-order valence-corrected chi connectivity index (χ3v) is 3.20. The van der Waals surface area contributed by atoms with E-state index in [-0.39, 0.29) is 11.7 Å². The van der Waals surface area contributed by atoms with Crippen molar-refractivity contribution < 1.29 is 22.5 Å². The van der Waals surface area contributed by atoms with Crippen LogP contribution in [-0.2, 0) is 17.4 Å². The first-order valence-electron chi connectivity index (χ1n) is 7.56. The standard InChI is InChI=1S/C15H17F3N4O2/c16-15(17,18)14-21-12(22-24-14)8-3-1-2-4-9-13(23)20-11-7-5-6-10-19-11/h5-7,10H,1-4,8-9H2,(H,19,20,23). The molecule has 0 saturated heterocycles. The van der Waals surface area contributed by atoms with Crippen LogP contribution in [0.3, 0.4) is 0 Å². The summed E-state index contributed by atoms with van der Waals surface area (Å²) in [5.74, 6) is -0.860. The van der Waals surface area contributed by atoms with Gasteiger partial charge in [0.1, 0.15) is 5.82 Å². The average molecular weight is 342 g/mol. The van der Waals surface area contributed by atoms with Crippen molar-refractivity contribution in [3.8, 4) is 0 Å². The summed E-state index contributed by atoms with van der Waals surface area (Å²) >= 11 is 0. The normalized spacial score (nSPS) is 11.5. The predicted octanol–water partition coefficient (Wildman–Crippen LogP) is 3.62. The van der Waals surface area contributed by atoms with E-state index in [2.05, 4.69) is 25.0 Å². The van der Waals surface area contributed by atoms with Gasteiger partial charge in [0.2, 0.25) is 5.91 Å². The number of hydrogen-bond donors (Lipinski definition) is 1. The summed E-state index contributed by atoms with van der Waals surface area (Å²) in [5.41, 5.74) is 0. The van der Waals surface area contributed by atoms with Gasteiger partial charge in [-0.2, -0.15) is 18.2 Å². The minimum atomic E-state index is -4.60. The second-order valence-electron chi connectivity index (χ2n) is 5.19. The zero-order valence-corrected chi connectivity index (χ0v) is 12.8. The van der Waals surface area contributed by atoms with Gasteiger partial charge in [-0.05, 0) is 25.0 Å². The lowest BCUT2D eigenvalue weighted by Gasteiger charge is -2.03. The van der Waals surface area contributed by atoms with Crippen LogP contribution < -0.4 is 5.32 Å². The van der Waals surface area contributed by atoms with Crippen LogP contribution in [0.15, 0.2) is 28.9 Å². The van der Waals surface area contributed by atoms with Crippen molar-refractivity contribution in [1.82, 2.24) is 15.1 Å². The maximum atomic E-state index is 12.3. The number of anilines is 1. The molecule has 0 aromatic carbocycles. The first kappa shape index (κ1) is 17.9. The number of carbonyl (C=O) groups is 1. The monoisotopic (exact) mass is 342 g/mol. The summed E-state index contributed by atoms with van der Waals surface area (Å²) in [4.78, 5) is 19.0. The maximum absolute atomic E-state index is 12.3. The summed E-state index contributed by atoms with van der Waals surface area (Å²) in [7, 11) is 0. The van der Waals surface area contributed by atoms with Crippen molar-refractivity contribution in [2.45, 2.75) is 44.7 Å². The van der Waals surface area contributed by atoms with Crippen molar-refractivity contribution >= 4 is 11.7 Å². The highest BCUT2D eigenvalue weighted by atomic mass is 19.4. The first-order valence-corrected chi connectivity index (χ1v) is 7.56. The van der Waals surface area contributed by atoms with E-state index < -0.39 is 12.1 Å². The quantitative estimate of drug-likeness (QED) is 0.741. The highest BCUT2D eigenvalue weighted by Gasteiger charge is 2.38. The van der Waals surface area contributed by atoms with Crippen LogP contribution >= 0.6 is 0 Å². The SMILES string of the molecule is O=C(CCCCCCc1noc(C(F)(F)F)n1)Nc1ccccn1. The second kappa shape index (κ2) is 8.42. The summed E-state index contributed by atoms with van der Waals surface area (Å²) < 4.78 is 41.0. The fraction of sp³-hybridized carbons (Fsp3) is 0.467. The van der Waals surface area contributed by atoms with Crippen molar-refractivity contribution in [2.75, 3.05) is 5.32 Å². The van der Waals surface area contributed by atoms with E-state index in [1.165, 1.54) is 0 Å². The number of hydrogen-bond acceptors (Lipinski definition) is 5. The molecule has 1 amide bonds. The molecule has 2 rings (SSSR count). The molecule has 2 aromatic rings. The molecule has 0 atom stereocenters. The van der Waals surface area contributed by atoms with Gasteiger partial charge >= 0.3 is 12.1 Å². The molecular formula is C15H17F3N4O2. The summed E-state index contributed by atoms with van der Waals surface area (Å²) in [6.45, 7) is 0. The molecule has 0 aliphatic carbocycles. The zero-order chi connectivity index (χ0) is 17.4. The Morgan fingerprint density at radius 2 is 1.96 bits per heavy atom. The van der Waals surface area contributed by atoms with Gasteiger partial charge in [0.15, 0.2) is 5.82 Å². The van der Waals surface area contributed by atoms with E-state index in [1.54, 1.807) is 24.4 Å². The molecule has 0 radical (unpaired) electrons. The molecule has 6 nitrogen and oxygen atoms in total. The number of amides is 1. The Bertz CT molecular complexity index is 644. The minimum absolute atomic E-state index is 0.0511. The highest BCUT2D eigenvalue weighted by Crippen LogP contribution is 2.27. The Balaban J connectivity index is 1.57. The van der Waals surface area contributed by atoms with E-state index in [9.17, 15) is 18.0 Å². The summed E-state index contributed by atoms with van der Waals surface area (Å²) in [5, 5.41) is 5.98. The van der Waals surface area contributed by atoms with Crippen molar-refractivity contribution in [1.29, 1.82) is 0 Å². The van der Waals surface area contributed by atoms with Gasteiger partial charge in [-0.25, -0.2) is 4.98 Å². The number of unbranched alkanes of at least 4 members (excludes halogenated alkanes) is 3. The van der Waals surface area contributed by atoms with Crippen LogP contribution in [0.4, 0.5) is 19.0 Å². The van der Waals surface area contributed by atoms with Gasteiger partial charge < -0.3 is 9.84 Å². The molecule has 2 heterocycles. The van der Waals surface area contributed by atoms with Gasteiger partial charge in [-0.1, -0.05) is 24.1 Å². The van der Waals surface area contributed by atoms with Crippen LogP contribution in [0.2, 0.25) is 0 Å². The van der Waals surface area contributed by atoms with E-state index in [1.807, 2.05) is 0 Å². The van der Waals surface area contributed by atoms with Gasteiger partial charge in [-0.3, -0.25) is 4.79 Å². The molecule has 24 heavy (non-hydrogen) atoms. The van der Waals surface area contributed by atoms with Gasteiger partial charge in [-0.15, -0.1) is 0 Å². The molecule has 0 aliphatic rings. The third kappa shape index (κ3) is 5.98. The van der Waals surface area contributed by atoms with Crippen LogP contribution in [-0.4, -0.2) is 21.0 Å². The van der Waals surface area contributed by atoms with E-state index >= 15 is 0 Å². The molecule has 1 N–H and O–H groups in total. The van der Waals surface area contributed by atoms with Crippen LogP contribution in [0.5, 0.6) is 0 Å². The van der Waals surface area contributed by atoms with E-state index in [0.29, 0.717) is 31.5 Å². The van der Waals surface area contributed by atoms with Gasteiger partial charge in [0.05, 0.1) is 0 Å². The Labute approximate surface area is 136 Å². The molecule has 0 unspecified atom stereocenters. The number of nitrogens with zero attached hydrogens (tertiary/aromatic N) is 3. The van der Waals surface area contributed by atoms with Gasteiger partial charge in [0.25, 0.3) is 0 Å². The molecule has 0 saturated carbocycles. The maximum Gasteiger partial charge on any atom is 0.471 e. The molecule has 9 heteroatoms. The number of aryl methyl sites for hydroxylation is 1.